The Bertz CT molecular complexity index is 442. The van der Waals surface area contributed by atoms with Crippen LogP contribution in [0.5, 0.6) is 5.75 Å². The average Bonchev–Trinajstić information content (AvgIpc) is 2.18. The number of rotatable bonds is 6. The van der Waals surface area contributed by atoms with Crippen LogP contribution in [0.2, 0.25) is 0 Å². The van der Waals surface area contributed by atoms with Crippen molar-refractivity contribution in [3.8, 4) is 5.75 Å². The van der Waals surface area contributed by atoms with Gasteiger partial charge in [0.25, 0.3) is 0 Å². The van der Waals surface area contributed by atoms with E-state index in [1.807, 2.05) is 13.8 Å². The standard InChI is InChI=1S/C11H16FNO3S/c1-9(2)16-11-5-3-10(4-6-11)13-7-8-17(12,14)15/h3-6,9,13H,7-8H2,1-2H3. The van der Waals surface area contributed by atoms with Gasteiger partial charge in [-0.15, -0.1) is 3.89 Å². The molecule has 0 fully saturated rings. The van der Waals surface area contributed by atoms with E-state index in [-0.39, 0.29) is 12.6 Å². The van der Waals surface area contributed by atoms with Gasteiger partial charge in [-0.2, -0.15) is 8.42 Å². The van der Waals surface area contributed by atoms with Crippen molar-refractivity contribution in [1.29, 1.82) is 0 Å². The molecular weight excluding hydrogens is 245 g/mol. The second-order valence-corrected chi connectivity index (χ2v) is 5.35. The maximum atomic E-state index is 12.2. The van der Waals surface area contributed by atoms with E-state index < -0.39 is 16.0 Å². The molecule has 0 spiro atoms. The summed E-state index contributed by atoms with van der Waals surface area (Å²) in [7, 11) is -4.41. The Morgan fingerprint density at radius 1 is 1.29 bits per heavy atom. The predicted octanol–water partition coefficient (Wildman–Crippen LogP) is 2.18. The number of anilines is 1. The molecule has 0 unspecified atom stereocenters. The van der Waals surface area contributed by atoms with E-state index >= 15 is 0 Å². The summed E-state index contributed by atoms with van der Waals surface area (Å²) in [6.45, 7) is 3.90. The molecule has 0 aliphatic rings. The van der Waals surface area contributed by atoms with Crippen molar-refractivity contribution >= 4 is 15.9 Å². The van der Waals surface area contributed by atoms with Gasteiger partial charge in [-0.3, -0.25) is 0 Å². The van der Waals surface area contributed by atoms with Crippen LogP contribution in [0.4, 0.5) is 9.57 Å². The molecule has 0 radical (unpaired) electrons. The number of benzene rings is 1. The molecule has 0 bridgehead atoms. The van der Waals surface area contributed by atoms with Crippen molar-refractivity contribution in [2.24, 2.45) is 0 Å². The first-order chi connectivity index (χ1) is 7.87. The Morgan fingerprint density at radius 3 is 2.35 bits per heavy atom. The van der Waals surface area contributed by atoms with E-state index in [0.717, 1.165) is 11.4 Å². The van der Waals surface area contributed by atoms with Crippen LogP contribution >= 0.6 is 0 Å². The van der Waals surface area contributed by atoms with E-state index in [9.17, 15) is 12.3 Å². The third-order valence-electron chi connectivity index (χ3n) is 1.90. The fraction of sp³-hybridized carbons (Fsp3) is 0.455. The maximum absolute atomic E-state index is 12.2. The summed E-state index contributed by atoms with van der Waals surface area (Å²) in [6, 6.07) is 7.05. The smallest absolute Gasteiger partial charge is 0.304 e. The molecule has 1 aromatic carbocycles. The Morgan fingerprint density at radius 2 is 1.88 bits per heavy atom. The molecule has 0 heterocycles. The summed E-state index contributed by atoms with van der Waals surface area (Å²) in [5.41, 5.74) is 0.727. The summed E-state index contributed by atoms with van der Waals surface area (Å²) >= 11 is 0. The van der Waals surface area contributed by atoms with Crippen LogP contribution < -0.4 is 10.1 Å². The quantitative estimate of drug-likeness (QED) is 0.797. The topological polar surface area (TPSA) is 55.4 Å². The average molecular weight is 261 g/mol. The second kappa shape index (κ2) is 5.86. The Labute approximate surface area is 101 Å². The normalized spacial score (nSPS) is 11.5. The molecule has 1 aromatic rings. The number of hydrogen-bond acceptors (Lipinski definition) is 4. The predicted molar refractivity (Wildman–Crippen MR) is 65.6 cm³/mol. The van der Waals surface area contributed by atoms with Gasteiger partial charge in [-0.05, 0) is 38.1 Å². The first-order valence-corrected chi connectivity index (χ1v) is 6.85. The van der Waals surface area contributed by atoms with Crippen LogP contribution in [0.1, 0.15) is 13.8 Å². The Hall–Kier alpha value is -1.30. The van der Waals surface area contributed by atoms with Gasteiger partial charge in [0.15, 0.2) is 0 Å². The molecule has 0 saturated carbocycles. The summed E-state index contributed by atoms with van der Waals surface area (Å²) in [5, 5.41) is 2.81. The van der Waals surface area contributed by atoms with Crippen LogP contribution in [0.15, 0.2) is 24.3 Å². The molecular formula is C11H16FNO3S. The van der Waals surface area contributed by atoms with Crippen molar-refractivity contribution in [2.45, 2.75) is 20.0 Å². The molecule has 1 N–H and O–H groups in total. The minimum atomic E-state index is -4.41. The van der Waals surface area contributed by atoms with Gasteiger partial charge in [-0.1, -0.05) is 0 Å². The largest absolute Gasteiger partial charge is 0.491 e. The minimum absolute atomic E-state index is 0.0449. The molecule has 6 heteroatoms. The van der Waals surface area contributed by atoms with Crippen LogP contribution in [-0.4, -0.2) is 26.8 Å². The van der Waals surface area contributed by atoms with E-state index in [4.69, 9.17) is 4.74 Å². The lowest BCUT2D eigenvalue weighted by molar-refractivity contribution is 0.242. The molecule has 96 valence electrons. The highest BCUT2D eigenvalue weighted by Gasteiger charge is 2.05. The monoisotopic (exact) mass is 261 g/mol. The highest BCUT2D eigenvalue weighted by atomic mass is 32.3. The first kappa shape index (κ1) is 13.8. The second-order valence-electron chi connectivity index (χ2n) is 3.86. The SMILES string of the molecule is CC(C)Oc1ccc(NCCS(=O)(=O)F)cc1. The van der Waals surface area contributed by atoms with Crippen molar-refractivity contribution in [1.82, 2.24) is 0 Å². The maximum Gasteiger partial charge on any atom is 0.304 e. The summed E-state index contributed by atoms with van der Waals surface area (Å²) in [6.07, 6.45) is 0.102. The number of hydrogen-bond donors (Lipinski definition) is 1. The molecule has 0 saturated heterocycles. The molecule has 0 amide bonds. The van der Waals surface area contributed by atoms with Gasteiger partial charge in [-0.25, -0.2) is 0 Å². The fourth-order valence-corrected chi connectivity index (χ4v) is 1.59. The third kappa shape index (κ3) is 6.11. The summed E-state index contributed by atoms with van der Waals surface area (Å²) < 4.78 is 38.2. The number of halogens is 1. The third-order valence-corrected chi connectivity index (χ3v) is 2.59. The molecule has 0 atom stereocenters. The van der Waals surface area contributed by atoms with Gasteiger partial charge in [0.2, 0.25) is 0 Å². The highest BCUT2D eigenvalue weighted by molar-refractivity contribution is 7.86. The van der Waals surface area contributed by atoms with Crippen molar-refractivity contribution in [2.75, 3.05) is 17.6 Å². The summed E-state index contributed by atoms with van der Waals surface area (Å²) in [5.74, 6) is 0.209. The lowest BCUT2D eigenvalue weighted by atomic mass is 10.3. The zero-order valence-corrected chi connectivity index (χ0v) is 10.6. The van der Waals surface area contributed by atoms with Gasteiger partial charge in [0, 0.05) is 12.2 Å². The zero-order valence-electron chi connectivity index (χ0n) is 9.81. The molecule has 4 nitrogen and oxygen atoms in total. The van der Waals surface area contributed by atoms with Crippen molar-refractivity contribution in [3.63, 3.8) is 0 Å². The first-order valence-electron chi connectivity index (χ1n) is 5.30. The van der Waals surface area contributed by atoms with E-state index in [1.165, 1.54) is 0 Å². The lowest BCUT2D eigenvalue weighted by Crippen LogP contribution is -2.11. The van der Waals surface area contributed by atoms with Crippen molar-refractivity contribution < 1.29 is 17.0 Å². The van der Waals surface area contributed by atoms with E-state index in [2.05, 4.69) is 5.32 Å². The van der Waals surface area contributed by atoms with E-state index in [0.29, 0.717) is 0 Å². The fourth-order valence-electron chi connectivity index (χ4n) is 1.24. The minimum Gasteiger partial charge on any atom is -0.491 e. The molecule has 0 aliphatic carbocycles. The zero-order chi connectivity index (χ0) is 12.9. The van der Waals surface area contributed by atoms with Crippen LogP contribution in [-0.2, 0) is 10.2 Å². The molecule has 0 aliphatic heterocycles. The Kier molecular flexibility index (Phi) is 4.74. The van der Waals surface area contributed by atoms with Gasteiger partial charge in [0.05, 0.1) is 11.9 Å². The molecule has 17 heavy (non-hydrogen) atoms. The Balaban J connectivity index is 2.46. The van der Waals surface area contributed by atoms with Gasteiger partial charge < -0.3 is 10.1 Å². The van der Waals surface area contributed by atoms with E-state index in [1.54, 1.807) is 24.3 Å². The van der Waals surface area contributed by atoms with Crippen LogP contribution in [0.25, 0.3) is 0 Å². The number of nitrogens with one attached hydrogen (secondary N) is 1. The molecule has 0 aromatic heterocycles. The lowest BCUT2D eigenvalue weighted by Gasteiger charge is -2.10. The molecule has 1 rings (SSSR count). The van der Waals surface area contributed by atoms with Crippen LogP contribution in [0.3, 0.4) is 0 Å². The van der Waals surface area contributed by atoms with Gasteiger partial charge >= 0.3 is 10.2 Å². The van der Waals surface area contributed by atoms with Gasteiger partial charge in [0.1, 0.15) is 5.75 Å². The van der Waals surface area contributed by atoms with Crippen molar-refractivity contribution in [3.05, 3.63) is 24.3 Å². The number of ether oxygens (including phenoxy) is 1. The highest BCUT2D eigenvalue weighted by Crippen LogP contribution is 2.16. The summed E-state index contributed by atoms with van der Waals surface area (Å²) in [4.78, 5) is 0. The van der Waals surface area contributed by atoms with Crippen LogP contribution in [0, 0.1) is 0 Å².